The number of carbonyl (C=O) groups is 1. The smallest absolute Gasteiger partial charge is 0.158 e. The van der Waals surface area contributed by atoms with Crippen molar-refractivity contribution < 1.29 is 23.7 Å². The average molecular weight is 389 g/mol. The fraction of sp³-hybridized carbons (Fsp3) is 0.609. The van der Waals surface area contributed by atoms with Crippen LogP contribution in [0.15, 0.2) is 35.9 Å². The number of ether oxygens (including phenoxy) is 4. The number of Topliss-reactive ketones (excluding diaryl/α,β-unsaturated/α-hetero) is 1. The van der Waals surface area contributed by atoms with Gasteiger partial charge in [0.15, 0.2) is 12.1 Å². The maximum atomic E-state index is 12.5. The summed E-state index contributed by atoms with van der Waals surface area (Å²) in [5, 5.41) is 0. The molecule has 0 amide bonds. The van der Waals surface area contributed by atoms with E-state index in [0.717, 1.165) is 42.8 Å². The summed E-state index contributed by atoms with van der Waals surface area (Å²) >= 11 is 0. The van der Waals surface area contributed by atoms with Crippen LogP contribution < -0.4 is 4.74 Å². The van der Waals surface area contributed by atoms with Crippen LogP contribution in [0.2, 0.25) is 0 Å². The van der Waals surface area contributed by atoms with E-state index in [2.05, 4.69) is 13.8 Å². The van der Waals surface area contributed by atoms with Crippen LogP contribution in [-0.2, 0) is 25.6 Å². The van der Waals surface area contributed by atoms with Crippen molar-refractivity contribution in [2.75, 3.05) is 13.7 Å². The van der Waals surface area contributed by atoms with Gasteiger partial charge < -0.3 is 18.9 Å². The summed E-state index contributed by atoms with van der Waals surface area (Å²) in [6, 6.07) is 7.82. The molecule has 5 nitrogen and oxygen atoms in total. The monoisotopic (exact) mass is 388 g/mol. The molecule has 0 radical (unpaired) electrons. The number of benzene rings is 1. The second-order valence-corrected chi connectivity index (χ2v) is 8.41. The van der Waals surface area contributed by atoms with Crippen LogP contribution in [0, 0.1) is 5.41 Å². The van der Waals surface area contributed by atoms with Gasteiger partial charge in [0.25, 0.3) is 0 Å². The molecule has 3 atom stereocenters. The molecule has 0 aromatic heterocycles. The third kappa shape index (κ3) is 5.22. The van der Waals surface area contributed by atoms with E-state index in [1.54, 1.807) is 7.11 Å². The lowest BCUT2D eigenvalue weighted by molar-refractivity contribution is -0.231. The predicted octanol–water partition coefficient (Wildman–Crippen LogP) is 4.44. The Kier molecular flexibility index (Phi) is 6.91. The maximum absolute atomic E-state index is 12.5. The molecule has 1 saturated heterocycles. The van der Waals surface area contributed by atoms with Crippen molar-refractivity contribution >= 4 is 5.78 Å². The van der Waals surface area contributed by atoms with Crippen molar-refractivity contribution in [3.8, 4) is 5.75 Å². The lowest BCUT2D eigenvalue weighted by Crippen LogP contribution is -2.45. The Morgan fingerprint density at radius 2 is 1.93 bits per heavy atom. The van der Waals surface area contributed by atoms with Gasteiger partial charge in [-0.2, -0.15) is 0 Å². The average Bonchev–Trinajstić information content (AvgIpc) is 2.77. The number of allylic oxidation sites excluding steroid dienone is 1. The first-order valence-electron chi connectivity index (χ1n) is 10.1. The Hall–Kier alpha value is -1.69. The van der Waals surface area contributed by atoms with Crippen LogP contribution in [0.3, 0.4) is 0 Å². The largest absolute Gasteiger partial charge is 0.497 e. The number of hydrogen-bond donors (Lipinski definition) is 0. The second kappa shape index (κ2) is 9.21. The van der Waals surface area contributed by atoms with Crippen LogP contribution >= 0.6 is 0 Å². The van der Waals surface area contributed by atoms with Crippen LogP contribution in [-0.4, -0.2) is 38.0 Å². The molecule has 1 aromatic rings. The highest BCUT2D eigenvalue weighted by Crippen LogP contribution is 2.37. The van der Waals surface area contributed by atoms with Gasteiger partial charge >= 0.3 is 0 Å². The van der Waals surface area contributed by atoms with E-state index in [1.165, 1.54) is 0 Å². The minimum Gasteiger partial charge on any atom is -0.497 e. The Bertz CT molecular complexity index is 685. The molecule has 0 N–H and O–H groups in total. The van der Waals surface area contributed by atoms with Crippen LogP contribution in [0.4, 0.5) is 0 Å². The van der Waals surface area contributed by atoms with Gasteiger partial charge in [0.1, 0.15) is 11.9 Å². The second-order valence-electron chi connectivity index (χ2n) is 8.41. The zero-order valence-electron chi connectivity index (χ0n) is 17.4. The highest BCUT2D eigenvalue weighted by atomic mass is 16.7. The van der Waals surface area contributed by atoms with Crippen molar-refractivity contribution in [3.05, 3.63) is 41.5 Å². The van der Waals surface area contributed by atoms with Gasteiger partial charge in [-0.05, 0) is 55.5 Å². The van der Waals surface area contributed by atoms with E-state index in [1.807, 2.05) is 37.3 Å². The Morgan fingerprint density at radius 1 is 1.18 bits per heavy atom. The molecular weight excluding hydrogens is 356 g/mol. The molecule has 1 aliphatic heterocycles. The fourth-order valence-electron chi connectivity index (χ4n) is 3.82. The summed E-state index contributed by atoms with van der Waals surface area (Å²) in [5.74, 6) is 0.968. The van der Waals surface area contributed by atoms with E-state index in [9.17, 15) is 4.79 Å². The normalized spacial score (nSPS) is 27.8. The molecule has 2 aliphatic rings. The highest BCUT2D eigenvalue weighted by molar-refractivity contribution is 5.95. The zero-order valence-corrected chi connectivity index (χ0v) is 17.4. The van der Waals surface area contributed by atoms with Crippen LogP contribution in [0.25, 0.3) is 0 Å². The molecule has 28 heavy (non-hydrogen) atoms. The maximum Gasteiger partial charge on any atom is 0.158 e. The first-order valence-corrected chi connectivity index (χ1v) is 10.1. The Labute approximate surface area is 168 Å². The van der Waals surface area contributed by atoms with Gasteiger partial charge in [0.2, 0.25) is 0 Å². The number of carbonyl (C=O) groups excluding carboxylic acids is 1. The van der Waals surface area contributed by atoms with Gasteiger partial charge in [-0.3, -0.25) is 4.79 Å². The lowest BCUT2D eigenvalue weighted by Gasteiger charge is -2.39. The fourth-order valence-corrected chi connectivity index (χ4v) is 3.82. The van der Waals surface area contributed by atoms with Gasteiger partial charge in [0, 0.05) is 18.4 Å². The zero-order chi connectivity index (χ0) is 20.1. The van der Waals surface area contributed by atoms with Crippen LogP contribution in [0.5, 0.6) is 5.75 Å². The van der Waals surface area contributed by atoms with Gasteiger partial charge in [-0.15, -0.1) is 0 Å². The number of methoxy groups -OCH3 is 1. The topological polar surface area (TPSA) is 54.0 Å². The van der Waals surface area contributed by atoms with E-state index in [0.29, 0.717) is 13.0 Å². The lowest BCUT2D eigenvalue weighted by atomic mass is 9.80. The summed E-state index contributed by atoms with van der Waals surface area (Å²) in [6.07, 6.45) is 4.63. The molecule has 154 valence electrons. The van der Waals surface area contributed by atoms with Gasteiger partial charge in [0.05, 0.1) is 19.8 Å². The van der Waals surface area contributed by atoms with Crippen molar-refractivity contribution in [1.82, 2.24) is 0 Å². The Morgan fingerprint density at radius 3 is 2.57 bits per heavy atom. The molecule has 0 bridgehead atoms. The first kappa shape index (κ1) is 21.0. The molecular formula is C23H32O5. The minimum atomic E-state index is -0.350. The summed E-state index contributed by atoms with van der Waals surface area (Å²) < 4.78 is 23.7. The first-order chi connectivity index (χ1) is 13.4. The number of rotatable bonds is 6. The van der Waals surface area contributed by atoms with E-state index < -0.39 is 0 Å². The molecule has 0 saturated carbocycles. The van der Waals surface area contributed by atoms with Crippen molar-refractivity contribution in [2.45, 2.75) is 71.6 Å². The summed E-state index contributed by atoms with van der Waals surface area (Å²) in [5.41, 5.74) is 1.44. The van der Waals surface area contributed by atoms with Crippen molar-refractivity contribution in [3.63, 3.8) is 0 Å². The van der Waals surface area contributed by atoms with Crippen LogP contribution in [0.1, 0.15) is 52.0 Å². The van der Waals surface area contributed by atoms with E-state index in [-0.39, 0.29) is 29.7 Å². The Balaban J connectivity index is 1.77. The van der Waals surface area contributed by atoms with Gasteiger partial charge in [-0.1, -0.05) is 26.0 Å². The third-order valence-corrected chi connectivity index (χ3v) is 5.58. The summed E-state index contributed by atoms with van der Waals surface area (Å²) in [4.78, 5) is 12.5. The molecule has 1 fully saturated rings. The highest BCUT2D eigenvalue weighted by Gasteiger charge is 2.42. The SMILES string of the molecule is COc1ccc(COC2C=C(C)C(=O)CC(C)(C)C2OC2CCCCO2)cc1. The van der Waals surface area contributed by atoms with E-state index >= 15 is 0 Å². The minimum absolute atomic E-state index is 0.152. The molecule has 1 aromatic carbocycles. The standard InChI is InChI=1S/C23H32O5/c1-16-13-20(27-15-17-8-10-18(25-4)11-9-17)22(23(2,3)14-19(16)24)28-21-7-5-6-12-26-21/h8-11,13,20-22H,5-7,12,14-15H2,1-4H3. The molecule has 3 unspecified atom stereocenters. The summed E-state index contributed by atoms with van der Waals surface area (Å²) in [6.45, 7) is 7.18. The predicted molar refractivity (Wildman–Crippen MR) is 107 cm³/mol. The van der Waals surface area contributed by atoms with Crippen molar-refractivity contribution in [1.29, 1.82) is 0 Å². The quantitative estimate of drug-likeness (QED) is 0.721. The van der Waals surface area contributed by atoms with Gasteiger partial charge in [-0.25, -0.2) is 0 Å². The van der Waals surface area contributed by atoms with Crippen molar-refractivity contribution in [2.24, 2.45) is 5.41 Å². The molecule has 1 aliphatic carbocycles. The molecule has 5 heteroatoms. The number of hydrogen-bond acceptors (Lipinski definition) is 5. The number of ketones is 1. The molecule has 3 rings (SSSR count). The molecule has 0 spiro atoms. The third-order valence-electron chi connectivity index (χ3n) is 5.58. The van der Waals surface area contributed by atoms with E-state index in [4.69, 9.17) is 18.9 Å². The molecule has 1 heterocycles. The summed E-state index contributed by atoms with van der Waals surface area (Å²) in [7, 11) is 1.65.